The number of benzene rings is 1. The lowest BCUT2D eigenvalue weighted by atomic mass is 10.2. The molecule has 2 aromatic rings. The largest absolute Gasteiger partial charge is 0.375 e. The maximum Gasteiger partial charge on any atom is 0.292 e. The molecule has 1 N–H and O–H groups in total. The second kappa shape index (κ2) is 5.42. The van der Waals surface area contributed by atoms with E-state index in [-0.39, 0.29) is 5.69 Å². The van der Waals surface area contributed by atoms with Gasteiger partial charge in [-0.15, -0.1) is 0 Å². The van der Waals surface area contributed by atoms with Crippen molar-refractivity contribution in [2.24, 2.45) is 0 Å². The standard InChI is InChI=1S/C11H9ClN4O2/c12-9-1-2-11(16(17)18)10(3-9)15-6-8-4-13-7-14-5-8/h1-5,7,15H,6H2. The molecular weight excluding hydrogens is 256 g/mol. The van der Waals surface area contributed by atoms with Crippen LogP contribution in [0.4, 0.5) is 11.4 Å². The number of aromatic nitrogens is 2. The molecule has 0 aliphatic carbocycles. The Kier molecular flexibility index (Phi) is 3.69. The van der Waals surface area contributed by atoms with Gasteiger partial charge in [-0.25, -0.2) is 9.97 Å². The van der Waals surface area contributed by atoms with Crippen LogP contribution in [0.5, 0.6) is 0 Å². The van der Waals surface area contributed by atoms with E-state index in [4.69, 9.17) is 11.6 Å². The Hall–Kier alpha value is -2.21. The Labute approximate surface area is 108 Å². The smallest absolute Gasteiger partial charge is 0.292 e. The minimum atomic E-state index is -0.458. The number of nitrogens with zero attached hydrogens (tertiary/aromatic N) is 3. The summed E-state index contributed by atoms with van der Waals surface area (Å²) in [6.07, 6.45) is 4.69. The summed E-state index contributed by atoms with van der Waals surface area (Å²) in [4.78, 5) is 18.1. The van der Waals surface area contributed by atoms with Crippen molar-refractivity contribution >= 4 is 23.0 Å². The fourth-order valence-electron chi connectivity index (χ4n) is 1.43. The van der Waals surface area contributed by atoms with Crippen molar-refractivity contribution in [3.05, 3.63) is 57.6 Å². The molecule has 18 heavy (non-hydrogen) atoms. The zero-order valence-electron chi connectivity index (χ0n) is 9.21. The number of hydrogen-bond donors (Lipinski definition) is 1. The second-order valence-electron chi connectivity index (χ2n) is 3.52. The van der Waals surface area contributed by atoms with E-state index in [1.807, 2.05) is 0 Å². The highest BCUT2D eigenvalue weighted by Gasteiger charge is 2.13. The lowest BCUT2D eigenvalue weighted by molar-refractivity contribution is -0.384. The molecule has 0 bridgehead atoms. The first-order valence-electron chi connectivity index (χ1n) is 5.08. The summed E-state index contributed by atoms with van der Waals surface area (Å²) < 4.78 is 0. The van der Waals surface area contributed by atoms with Crippen LogP contribution in [0.2, 0.25) is 5.02 Å². The van der Waals surface area contributed by atoms with Crippen molar-refractivity contribution in [3.63, 3.8) is 0 Å². The molecule has 0 aliphatic heterocycles. The quantitative estimate of drug-likeness (QED) is 0.678. The highest BCUT2D eigenvalue weighted by atomic mass is 35.5. The molecule has 0 fully saturated rings. The maximum absolute atomic E-state index is 10.8. The van der Waals surface area contributed by atoms with Crippen molar-refractivity contribution in [3.8, 4) is 0 Å². The molecule has 0 radical (unpaired) electrons. The summed E-state index contributed by atoms with van der Waals surface area (Å²) in [5.74, 6) is 0. The molecule has 7 heteroatoms. The number of anilines is 1. The number of hydrogen-bond acceptors (Lipinski definition) is 5. The fraction of sp³-hybridized carbons (Fsp3) is 0.0909. The average Bonchev–Trinajstić information content (AvgIpc) is 2.37. The molecule has 0 unspecified atom stereocenters. The van der Waals surface area contributed by atoms with Crippen molar-refractivity contribution in [2.75, 3.05) is 5.32 Å². The van der Waals surface area contributed by atoms with Gasteiger partial charge in [0.2, 0.25) is 0 Å². The summed E-state index contributed by atoms with van der Waals surface area (Å²) >= 11 is 5.82. The molecule has 0 atom stereocenters. The van der Waals surface area contributed by atoms with Crippen LogP contribution in [0.15, 0.2) is 36.9 Å². The zero-order valence-corrected chi connectivity index (χ0v) is 9.96. The maximum atomic E-state index is 10.8. The van der Waals surface area contributed by atoms with Gasteiger partial charge in [0, 0.05) is 35.6 Å². The van der Waals surface area contributed by atoms with E-state index in [0.29, 0.717) is 17.3 Å². The minimum Gasteiger partial charge on any atom is -0.375 e. The van der Waals surface area contributed by atoms with Crippen LogP contribution in [0.3, 0.4) is 0 Å². The Balaban J connectivity index is 2.18. The van der Waals surface area contributed by atoms with Gasteiger partial charge in [0.05, 0.1) is 4.92 Å². The summed E-state index contributed by atoms with van der Waals surface area (Å²) in [7, 11) is 0. The highest BCUT2D eigenvalue weighted by molar-refractivity contribution is 6.31. The van der Waals surface area contributed by atoms with Crippen LogP contribution < -0.4 is 5.32 Å². The van der Waals surface area contributed by atoms with Gasteiger partial charge in [0.1, 0.15) is 12.0 Å². The first-order chi connectivity index (χ1) is 8.66. The van der Waals surface area contributed by atoms with E-state index in [1.165, 1.54) is 24.5 Å². The van der Waals surface area contributed by atoms with Gasteiger partial charge in [0.15, 0.2) is 0 Å². The van der Waals surface area contributed by atoms with E-state index in [1.54, 1.807) is 12.4 Å². The SMILES string of the molecule is O=[N+]([O-])c1ccc(Cl)cc1NCc1cncnc1. The third-order valence-electron chi connectivity index (χ3n) is 2.25. The predicted octanol–water partition coefficient (Wildman–Crippen LogP) is 2.65. The molecule has 0 aliphatic rings. The molecule has 0 saturated carbocycles. The molecule has 0 amide bonds. The van der Waals surface area contributed by atoms with Crippen LogP contribution in [0.25, 0.3) is 0 Å². The van der Waals surface area contributed by atoms with E-state index >= 15 is 0 Å². The molecule has 0 spiro atoms. The van der Waals surface area contributed by atoms with Gasteiger partial charge in [0.25, 0.3) is 5.69 Å². The molecule has 0 saturated heterocycles. The van der Waals surface area contributed by atoms with Gasteiger partial charge >= 0.3 is 0 Å². The van der Waals surface area contributed by atoms with Crippen LogP contribution in [0.1, 0.15) is 5.56 Å². The molecule has 6 nitrogen and oxygen atoms in total. The van der Waals surface area contributed by atoms with Crippen LogP contribution in [-0.4, -0.2) is 14.9 Å². The first-order valence-corrected chi connectivity index (χ1v) is 5.46. The first kappa shape index (κ1) is 12.3. The fourth-order valence-corrected chi connectivity index (χ4v) is 1.60. The Morgan fingerprint density at radius 3 is 2.72 bits per heavy atom. The topological polar surface area (TPSA) is 81.0 Å². The lowest BCUT2D eigenvalue weighted by Gasteiger charge is -2.06. The number of halogens is 1. The van der Waals surface area contributed by atoms with Crippen molar-refractivity contribution in [1.29, 1.82) is 0 Å². The Bertz CT molecular complexity index is 562. The molecular formula is C11H9ClN4O2. The lowest BCUT2D eigenvalue weighted by Crippen LogP contribution is -2.03. The third-order valence-corrected chi connectivity index (χ3v) is 2.49. The molecule has 1 aromatic carbocycles. The van der Waals surface area contributed by atoms with Crippen molar-refractivity contribution in [2.45, 2.75) is 6.54 Å². The molecule has 92 valence electrons. The number of nitro groups is 1. The van der Waals surface area contributed by atoms with Gasteiger partial charge in [-0.3, -0.25) is 10.1 Å². The molecule has 1 aromatic heterocycles. The summed E-state index contributed by atoms with van der Waals surface area (Å²) in [6, 6.07) is 4.37. The van der Waals surface area contributed by atoms with E-state index in [2.05, 4.69) is 15.3 Å². The van der Waals surface area contributed by atoms with Gasteiger partial charge in [-0.1, -0.05) is 11.6 Å². The number of rotatable bonds is 4. The summed E-state index contributed by atoms with van der Waals surface area (Å²) in [5.41, 5.74) is 1.18. The summed E-state index contributed by atoms with van der Waals surface area (Å²) in [5, 5.41) is 14.2. The van der Waals surface area contributed by atoms with Crippen LogP contribution in [-0.2, 0) is 6.54 Å². The van der Waals surface area contributed by atoms with E-state index in [0.717, 1.165) is 5.56 Å². The second-order valence-corrected chi connectivity index (χ2v) is 3.96. The number of nitro benzene ring substituents is 1. The van der Waals surface area contributed by atoms with Crippen LogP contribution in [0, 0.1) is 10.1 Å². The Morgan fingerprint density at radius 1 is 1.33 bits per heavy atom. The zero-order chi connectivity index (χ0) is 13.0. The molecule has 2 rings (SSSR count). The van der Waals surface area contributed by atoms with Crippen LogP contribution >= 0.6 is 11.6 Å². The Morgan fingerprint density at radius 2 is 2.06 bits per heavy atom. The minimum absolute atomic E-state index is 0.0174. The average molecular weight is 265 g/mol. The molecule has 1 heterocycles. The monoisotopic (exact) mass is 264 g/mol. The van der Waals surface area contributed by atoms with Gasteiger partial charge in [-0.2, -0.15) is 0 Å². The van der Waals surface area contributed by atoms with Crippen molar-refractivity contribution < 1.29 is 4.92 Å². The van der Waals surface area contributed by atoms with Gasteiger partial charge < -0.3 is 5.32 Å². The van der Waals surface area contributed by atoms with Crippen molar-refractivity contribution in [1.82, 2.24) is 9.97 Å². The van der Waals surface area contributed by atoms with Gasteiger partial charge in [-0.05, 0) is 12.1 Å². The van der Waals surface area contributed by atoms with E-state index < -0.39 is 4.92 Å². The van der Waals surface area contributed by atoms with E-state index in [9.17, 15) is 10.1 Å². The third kappa shape index (κ3) is 2.92. The number of nitrogens with one attached hydrogen (secondary N) is 1. The highest BCUT2D eigenvalue weighted by Crippen LogP contribution is 2.27. The summed E-state index contributed by atoms with van der Waals surface area (Å²) in [6.45, 7) is 0.391. The predicted molar refractivity (Wildman–Crippen MR) is 67.5 cm³/mol. The normalized spacial score (nSPS) is 10.1.